The van der Waals surface area contributed by atoms with Crippen LogP contribution < -0.4 is 0 Å². The number of allylic oxidation sites excluding steroid dienone is 1. The molecule has 29 heavy (non-hydrogen) atoms. The zero-order valence-electron chi connectivity index (χ0n) is 18.8. The fourth-order valence-electron chi connectivity index (χ4n) is 5.72. The van der Waals surface area contributed by atoms with Crippen LogP contribution in [0.25, 0.3) is 0 Å². The quantitative estimate of drug-likeness (QED) is 0.494. The van der Waals surface area contributed by atoms with E-state index in [1.807, 2.05) is 0 Å². The van der Waals surface area contributed by atoms with Gasteiger partial charge in [0.25, 0.3) is 0 Å². The normalized spacial score (nSPS) is 33.6. The second-order valence-electron chi connectivity index (χ2n) is 9.45. The van der Waals surface area contributed by atoms with Gasteiger partial charge in [-0.2, -0.15) is 0 Å². The summed E-state index contributed by atoms with van der Waals surface area (Å²) in [5, 5.41) is 9.96. The third-order valence-electron chi connectivity index (χ3n) is 7.73. The van der Waals surface area contributed by atoms with Gasteiger partial charge in [-0.05, 0) is 72.8 Å². The molecule has 0 aliphatic heterocycles. The number of ether oxygens (including phenoxy) is 2. The molecule has 0 radical (unpaired) electrons. The van der Waals surface area contributed by atoms with Gasteiger partial charge in [0.2, 0.25) is 0 Å². The number of aliphatic hydroxyl groups excluding tert-OH is 1. The fourth-order valence-corrected chi connectivity index (χ4v) is 5.72. The van der Waals surface area contributed by atoms with Crippen LogP contribution in [0.2, 0.25) is 0 Å². The molecule has 2 fully saturated rings. The number of esters is 2. The van der Waals surface area contributed by atoms with Crippen molar-refractivity contribution in [1.29, 1.82) is 0 Å². The minimum absolute atomic E-state index is 0.0494. The molecule has 5 nitrogen and oxygen atoms in total. The first-order valence-corrected chi connectivity index (χ1v) is 10.8. The Morgan fingerprint density at radius 2 is 1.97 bits per heavy atom. The van der Waals surface area contributed by atoms with E-state index in [1.54, 1.807) is 6.08 Å². The standard InChI is InChI=1S/C24H38O5/c1-16-8-7-9-22-23(16,5)12-10-17(2)24(22,6)14-21(29-19(4)27)20(15-25)11-13-28-18(3)26/h11,17,21-22,25H,1,7-10,12-15H2,2-6H3/b20-11+/t17-,21-,22+,23+,24+/m1/s1. The van der Waals surface area contributed by atoms with E-state index >= 15 is 0 Å². The van der Waals surface area contributed by atoms with Gasteiger partial charge >= 0.3 is 11.9 Å². The molecule has 2 saturated carbocycles. The Hall–Kier alpha value is -1.62. The van der Waals surface area contributed by atoms with E-state index in [0.717, 1.165) is 32.1 Å². The van der Waals surface area contributed by atoms with E-state index in [-0.39, 0.29) is 36.0 Å². The van der Waals surface area contributed by atoms with Crippen LogP contribution in [-0.4, -0.2) is 36.4 Å². The fraction of sp³-hybridized carbons (Fsp3) is 0.750. The van der Waals surface area contributed by atoms with Gasteiger partial charge in [-0.15, -0.1) is 0 Å². The Labute approximate surface area is 175 Å². The third kappa shape index (κ3) is 5.11. The summed E-state index contributed by atoms with van der Waals surface area (Å²) in [5.41, 5.74) is 2.01. The molecule has 0 aromatic rings. The number of hydrogen-bond acceptors (Lipinski definition) is 5. The molecule has 0 aromatic carbocycles. The molecular formula is C24H38O5. The topological polar surface area (TPSA) is 72.8 Å². The second kappa shape index (κ2) is 9.46. The van der Waals surface area contributed by atoms with Crippen molar-refractivity contribution in [2.75, 3.05) is 13.2 Å². The Morgan fingerprint density at radius 3 is 2.55 bits per heavy atom. The largest absolute Gasteiger partial charge is 0.462 e. The molecule has 2 aliphatic rings. The van der Waals surface area contributed by atoms with Gasteiger partial charge in [-0.25, -0.2) is 0 Å². The van der Waals surface area contributed by atoms with Crippen LogP contribution in [0.3, 0.4) is 0 Å². The number of carbonyl (C=O) groups is 2. The number of hydrogen-bond donors (Lipinski definition) is 1. The van der Waals surface area contributed by atoms with Gasteiger partial charge in [0, 0.05) is 13.8 Å². The molecule has 0 amide bonds. The average molecular weight is 407 g/mol. The smallest absolute Gasteiger partial charge is 0.303 e. The molecule has 0 spiro atoms. The lowest BCUT2D eigenvalue weighted by Crippen LogP contribution is -2.52. The maximum atomic E-state index is 11.9. The molecule has 0 heterocycles. The SMILES string of the molecule is C=C1CCC[C@@H]2[C@@](C)(C[C@@H](OC(C)=O)/C(=C/COC(C)=O)CO)[C@H](C)CC[C@@]12C. The molecule has 2 rings (SSSR count). The molecule has 0 aromatic heterocycles. The van der Waals surface area contributed by atoms with Crippen molar-refractivity contribution in [3.8, 4) is 0 Å². The minimum atomic E-state index is -0.530. The van der Waals surface area contributed by atoms with Crippen molar-refractivity contribution < 1.29 is 24.2 Å². The summed E-state index contributed by atoms with van der Waals surface area (Å²) < 4.78 is 10.7. The lowest BCUT2D eigenvalue weighted by atomic mass is 9.46. The molecule has 5 atom stereocenters. The maximum Gasteiger partial charge on any atom is 0.303 e. The summed E-state index contributed by atoms with van der Waals surface area (Å²) >= 11 is 0. The van der Waals surface area contributed by atoms with Gasteiger partial charge in [0.05, 0.1) is 6.61 Å². The third-order valence-corrected chi connectivity index (χ3v) is 7.73. The minimum Gasteiger partial charge on any atom is -0.462 e. The molecule has 0 saturated heterocycles. The average Bonchev–Trinajstić information content (AvgIpc) is 2.63. The first-order valence-electron chi connectivity index (χ1n) is 10.8. The Kier molecular flexibility index (Phi) is 7.72. The highest BCUT2D eigenvalue weighted by molar-refractivity contribution is 5.66. The van der Waals surface area contributed by atoms with Crippen LogP contribution >= 0.6 is 0 Å². The molecule has 5 heteroatoms. The second-order valence-corrected chi connectivity index (χ2v) is 9.45. The highest BCUT2D eigenvalue weighted by Crippen LogP contribution is 2.62. The highest BCUT2D eigenvalue weighted by Gasteiger charge is 2.54. The van der Waals surface area contributed by atoms with E-state index in [0.29, 0.717) is 23.8 Å². The Morgan fingerprint density at radius 1 is 1.28 bits per heavy atom. The monoisotopic (exact) mass is 406 g/mol. The summed E-state index contributed by atoms with van der Waals surface area (Å²) in [5.74, 6) is 0.182. The van der Waals surface area contributed by atoms with Crippen LogP contribution in [0, 0.1) is 22.7 Å². The Balaban J connectivity index is 2.34. The van der Waals surface area contributed by atoms with E-state index in [9.17, 15) is 14.7 Å². The van der Waals surface area contributed by atoms with Crippen molar-refractivity contribution in [2.45, 2.75) is 79.2 Å². The van der Waals surface area contributed by atoms with E-state index in [1.165, 1.54) is 19.4 Å². The lowest BCUT2D eigenvalue weighted by Gasteiger charge is -2.59. The molecular weight excluding hydrogens is 368 g/mol. The van der Waals surface area contributed by atoms with Crippen LogP contribution in [-0.2, 0) is 19.1 Å². The highest BCUT2D eigenvalue weighted by atomic mass is 16.5. The first-order chi connectivity index (χ1) is 13.5. The molecule has 1 N–H and O–H groups in total. The number of fused-ring (bicyclic) bond motifs is 1. The lowest BCUT2D eigenvalue weighted by molar-refractivity contribution is -0.149. The number of rotatable bonds is 7. The maximum absolute atomic E-state index is 11.9. The molecule has 0 bridgehead atoms. The predicted octanol–water partition coefficient (Wildman–Crippen LogP) is 4.59. The Bertz CT molecular complexity index is 666. The van der Waals surface area contributed by atoms with Gasteiger partial charge in [0.15, 0.2) is 0 Å². The summed E-state index contributed by atoms with van der Waals surface area (Å²) in [4.78, 5) is 22.9. The van der Waals surface area contributed by atoms with Crippen molar-refractivity contribution in [2.24, 2.45) is 22.7 Å². The first kappa shape index (κ1) is 23.7. The summed E-state index contributed by atoms with van der Waals surface area (Å²) in [6, 6.07) is 0. The van der Waals surface area contributed by atoms with Crippen molar-refractivity contribution >= 4 is 11.9 Å². The van der Waals surface area contributed by atoms with E-state index in [2.05, 4.69) is 27.4 Å². The van der Waals surface area contributed by atoms with E-state index in [4.69, 9.17) is 9.47 Å². The van der Waals surface area contributed by atoms with Gasteiger partial charge in [-0.3, -0.25) is 9.59 Å². The van der Waals surface area contributed by atoms with Gasteiger partial charge in [0.1, 0.15) is 12.7 Å². The summed E-state index contributed by atoms with van der Waals surface area (Å²) in [6.07, 6.45) is 7.44. The van der Waals surface area contributed by atoms with Crippen molar-refractivity contribution in [1.82, 2.24) is 0 Å². The predicted molar refractivity (Wildman–Crippen MR) is 113 cm³/mol. The van der Waals surface area contributed by atoms with Crippen LogP contribution in [0.15, 0.2) is 23.8 Å². The zero-order chi connectivity index (χ0) is 21.8. The van der Waals surface area contributed by atoms with Gasteiger partial charge < -0.3 is 14.6 Å². The van der Waals surface area contributed by atoms with Crippen LogP contribution in [0.5, 0.6) is 0 Å². The summed E-state index contributed by atoms with van der Waals surface area (Å²) in [6.45, 7) is 13.9. The summed E-state index contributed by atoms with van der Waals surface area (Å²) in [7, 11) is 0. The molecule has 164 valence electrons. The van der Waals surface area contributed by atoms with Crippen LogP contribution in [0.4, 0.5) is 0 Å². The van der Waals surface area contributed by atoms with Crippen molar-refractivity contribution in [3.63, 3.8) is 0 Å². The van der Waals surface area contributed by atoms with Gasteiger partial charge in [-0.1, -0.05) is 32.9 Å². The van der Waals surface area contributed by atoms with Crippen molar-refractivity contribution in [3.05, 3.63) is 23.8 Å². The molecule has 0 unspecified atom stereocenters. The number of aliphatic hydroxyl groups is 1. The number of carbonyl (C=O) groups excluding carboxylic acids is 2. The molecule has 2 aliphatic carbocycles. The van der Waals surface area contributed by atoms with Crippen LogP contribution in [0.1, 0.15) is 73.1 Å². The zero-order valence-corrected chi connectivity index (χ0v) is 18.8. The van der Waals surface area contributed by atoms with E-state index < -0.39 is 6.10 Å².